The van der Waals surface area contributed by atoms with Gasteiger partial charge in [0.15, 0.2) is 0 Å². The lowest BCUT2D eigenvalue weighted by molar-refractivity contribution is -0.138. The van der Waals surface area contributed by atoms with E-state index in [1.807, 2.05) is 60.7 Å². The number of allylic oxidation sites excluding steroid dienone is 1. The number of hydrogen-bond donors (Lipinski definition) is 3. The Morgan fingerprint density at radius 2 is 1.12 bits per heavy atom. The Kier molecular flexibility index (Phi) is 23.5. The first kappa shape index (κ1) is 60.1. The van der Waals surface area contributed by atoms with Gasteiger partial charge in [-0.25, -0.2) is 23.7 Å². The summed E-state index contributed by atoms with van der Waals surface area (Å²) in [6, 6.07) is 25.8. The molecule has 0 spiro atoms. The summed E-state index contributed by atoms with van der Waals surface area (Å²) < 4.78 is 50.9. The number of rotatable bonds is 24. The molecule has 3 atom stereocenters. The summed E-state index contributed by atoms with van der Waals surface area (Å²) in [5, 5.41) is 0. The molecule has 0 bridgehead atoms. The topological polar surface area (TPSA) is 244 Å². The Morgan fingerprint density at radius 3 is 1.57 bits per heavy atom. The minimum Gasteiger partial charge on any atom is -0.460 e. The Hall–Kier alpha value is -4.76. The van der Waals surface area contributed by atoms with Crippen molar-refractivity contribution in [1.29, 1.82) is 0 Å². The van der Waals surface area contributed by atoms with Gasteiger partial charge in [-0.05, 0) is 91.1 Å². The summed E-state index contributed by atoms with van der Waals surface area (Å²) in [5.74, 6) is 0.871. The van der Waals surface area contributed by atoms with Gasteiger partial charge < -0.3 is 38.2 Å². The molecule has 0 saturated heterocycles. The van der Waals surface area contributed by atoms with Crippen LogP contribution in [0.25, 0.3) is 0 Å². The van der Waals surface area contributed by atoms with Crippen LogP contribution < -0.4 is 0 Å². The van der Waals surface area contributed by atoms with Crippen LogP contribution >= 0.6 is 62.5 Å². The van der Waals surface area contributed by atoms with E-state index in [0.29, 0.717) is 52.4 Å². The van der Waals surface area contributed by atoms with Crippen molar-refractivity contribution in [1.82, 2.24) is 9.97 Å². The molecule has 0 fully saturated rings. The normalized spacial score (nSPS) is 18.2. The highest BCUT2D eigenvalue weighted by Crippen LogP contribution is 2.54. The first-order valence-electron chi connectivity index (χ1n) is 22.7. The second kappa shape index (κ2) is 28.9. The molecule has 2 aromatic heterocycles. The predicted octanol–water partition coefficient (Wildman–Crippen LogP) is 9.96. The van der Waals surface area contributed by atoms with Gasteiger partial charge in [-0.2, -0.15) is 0 Å². The van der Waals surface area contributed by atoms with Gasteiger partial charge in [0.2, 0.25) is 0 Å². The molecule has 17 nitrogen and oxygen atoms in total. The van der Waals surface area contributed by atoms with Crippen molar-refractivity contribution in [3.05, 3.63) is 179 Å². The number of phosphoric ester groups is 1. The molecule has 3 unspecified atom stereocenters. The van der Waals surface area contributed by atoms with E-state index in [1.54, 1.807) is 97.6 Å². The van der Waals surface area contributed by atoms with Gasteiger partial charge in [0.1, 0.15) is 34.6 Å². The molecule has 6 rings (SSSR count). The van der Waals surface area contributed by atoms with E-state index < -0.39 is 45.9 Å². The van der Waals surface area contributed by atoms with Crippen molar-refractivity contribution in [2.24, 2.45) is 0 Å². The smallest absolute Gasteiger partial charge is 0.460 e. The number of phosphoric acid groups is 1. The van der Waals surface area contributed by atoms with Gasteiger partial charge in [-0.1, -0.05) is 61.7 Å². The fourth-order valence-electron chi connectivity index (χ4n) is 6.63. The lowest BCUT2D eigenvalue weighted by atomic mass is 10.1. The zero-order valence-corrected chi connectivity index (χ0v) is 46.0. The van der Waals surface area contributed by atoms with Crippen LogP contribution in [0, 0.1) is 0 Å². The molecule has 0 radical (unpaired) electrons. The van der Waals surface area contributed by atoms with Crippen LogP contribution in [-0.4, -0.2) is 106 Å². The number of aromatic nitrogens is 2. The fourth-order valence-corrected chi connectivity index (χ4v) is 13.2. The van der Waals surface area contributed by atoms with Crippen molar-refractivity contribution in [3.63, 3.8) is 0 Å². The molecule has 396 valence electrons. The molecule has 23 heteroatoms. The number of pyridine rings is 2. The van der Waals surface area contributed by atoms with Gasteiger partial charge in [0, 0.05) is 59.6 Å². The Morgan fingerprint density at radius 1 is 0.635 bits per heavy atom. The Bertz CT molecular complexity index is 2740. The van der Waals surface area contributed by atoms with Crippen LogP contribution in [0.5, 0.6) is 0 Å². The maximum Gasteiger partial charge on any atom is 0.469 e. The highest BCUT2D eigenvalue weighted by molar-refractivity contribution is 8.17. The molecule has 74 heavy (non-hydrogen) atoms. The maximum absolute atomic E-state index is 12.2. The SMILES string of the molecule is C=C(C)C(=O)OCC1=CCC(SCc2ccc(C(=O)OCCOP(=O)(O)O)cc2)(c2ccccn2)SC1.C=C(C)C(=O)OCC1=CCSC(SCc2ccc(C(=O)OCCOP(C)(=O)O)cc2)(c2ccccn2)C1. The van der Waals surface area contributed by atoms with Gasteiger partial charge in [-0.3, -0.25) is 19.1 Å². The first-order chi connectivity index (χ1) is 35.2. The van der Waals surface area contributed by atoms with Gasteiger partial charge in [-0.15, -0.1) is 47.0 Å². The largest absolute Gasteiger partial charge is 0.469 e. The standard InChI is InChI=1S/C26H30NO7PS2.C25H28NO8PS2/c1-19(2)24(28)33-17-21-11-15-36-26(16-21,23-6-4-5-12-27-23)37-18-20-7-9-22(10-8-20)25(29)32-13-14-34-35(3,30)31;1-18(2)23(27)33-15-20-10-11-25(37-17-20,22-5-3-4-12-26-22)36-16-19-6-8-21(9-7-19)24(28)32-13-14-34-35(29,30)31/h4-12H,1,13-18H2,2-3H3,(H,30,31);3-10,12H,1,11,13-17H2,2H3,(H2,29,30,31). The van der Waals surface area contributed by atoms with E-state index in [4.69, 9.17) is 38.2 Å². The number of carbonyl (C=O) groups excluding carboxylic acids is 4. The van der Waals surface area contributed by atoms with E-state index in [1.165, 1.54) is 0 Å². The van der Waals surface area contributed by atoms with Crippen LogP contribution in [0.4, 0.5) is 0 Å². The van der Waals surface area contributed by atoms with E-state index in [9.17, 15) is 28.3 Å². The highest BCUT2D eigenvalue weighted by Gasteiger charge is 2.39. The van der Waals surface area contributed by atoms with Crippen LogP contribution in [0.15, 0.2) is 145 Å². The average Bonchev–Trinajstić information content (AvgIpc) is 3.39. The minimum atomic E-state index is -4.59. The van der Waals surface area contributed by atoms with Gasteiger partial charge in [0.05, 0.1) is 35.7 Å². The first-order valence-corrected chi connectivity index (χ1v) is 30.2. The maximum atomic E-state index is 12.2. The highest BCUT2D eigenvalue weighted by atomic mass is 32.2. The van der Waals surface area contributed by atoms with Gasteiger partial charge in [0.25, 0.3) is 0 Å². The second-order valence-electron chi connectivity index (χ2n) is 16.6. The lowest BCUT2D eigenvalue weighted by Gasteiger charge is -2.36. The van der Waals surface area contributed by atoms with Crippen LogP contribution in [0.2, 0.25) is 0 Å². The lowest BCUT2D eigenvalue weighted by Crippen LogP contribution is -2.25. The van der Waals surface area contributed by atoms with Crippen LogP contribution in [0.1, 0.15) is 69.9 Å². The van der Waals surface area contributed by atoms with E-state index >= 15 is 0 Å². The Balaban J connectivity index is 0.000000274. The summed E-state index contributed by atoms with van der Waals surface area (Å²) in [7, 11) is -8.19. The Labute approximate surface area is 447 Å². The number of benzene rings is 2. The summed E-state index contributed by atoms with van der Waals surface area (Å²) >= 11 is 7.03. The zero-order valence-electron chi connectivity index (χ0n) is 41.0. The molecular formula is C51H58N2O15P2S4. The van der Waals surface area contributed by atoms with Crippen LogP contribution in [0.3, 0.4) is 0 Å². The molecule has 2 aliphatic rings. The molecule has 2 aromatic carbocycles. The molecule has 2 aliphatic heterocycles. The second-order valence-corrected chi connectivity index (χ2v) is 25.3. The molecule has 0 aliphatic carbocycles. The third kappa shape index (κ3) is 20.1. The third-order valence-electron chi connectivity index (χ3n) is 10.4. The number of carbonyl (C=O) groups is 4. The molecule has 3 N–H and O–H groups in total. The summed E-state index contributed by atoms with van der Waals surface area (Å²) in [5.41, 5.74) is 7.46. The molecular weight excluding hydrogens is 1070 g/mol. The fraction of sp³-hybridized carbons (Fsp3) is 0.333. The third-order valence-corrected chi connectivity index (χ3v) is 18.2. The van der Waals surface area contributed by atoms with E-state index in [0.717, 1.165) is 46.1 Å². The quantitative estimate of drug-likeness (QED) is 0.0147. The molecule has 0 amide bonds. The number of thioether (sulfide) groups is 4. The predicted molar refractivity (Wildman–Crippen MR) is 289 cm³/mol. The number of hydrogen-bond acceptors (Lipinski definition) is 18. The van der Waals surface area contributed by atoms with Crippen molar-refractivity contribution in [3.8, 4) is 0 Å². The molecule has 4 heterocycles. The average molecular weight is 1130 g/mol. The van der Waals surface area contributed by atoms with Gasteiger partial charge >= 0.3 is 39.3 Å². The summed E-state index contributed by atoms with van der Waals surface area (Å²) in [6.07, 6.45) is 9.15. The van der Waals surface area contributed by atoms with E-state index in [2.05, 4.69) is 39.8 Å². The zero-order chi connectivity index (χ0) is 53.8. The van der Waals surface area contributed by atoms with Crippen LogP contribution in [-0.2, 0) is 66.4 Å². The van der Waals surface area contributed by atoms with E-state index in [-0.39, 0.29) is 41.2 Å². The molecule has 4 aromatic rings. The number of nitrogens with zero attached hydrogens (tertiary/aromatic N) is 2. The summed E-state index contributed by atoms with van der Waals surface area (Å²) in [4.78, 5) is 83.7. The van der Waals surface area contributed by atoms with Crippen molar-refractivity contribution in [2.75, 3.05) is 57.8 Å². The number of esters is 4. The van der Waals surface area contributed by atoms with Crippen molar-refractivity contribution < 1.29 is 71.0 Å². The number of ether oxygens (including phenoxy) is 4. The van der Waals surface area contributed by atoms with Crippen molar-refractivity contribution in [2.45, 2.75) is 46.4 Å². The van der Waals surface area contributed by atoms with Crippen molar-refractivity contribution >= 4 is 86.3 Å². The summed E-state index contributed by atoms with van der Waals surface area (Å²) in [6.45, 7) is 11.1. The molecule has 0 saturated carbocycles. The minimum absolute atomic E-state index is 0.115. The monoisotopic (exact) mass is 1130 g/mol.